The number of benzene rings is 1. The SMILES string of the molecule is NC1(C2CCOC3(CCOC3)C2)CCc2ccccc21. The van der Waals surface area contributed by atoms with E-state index >= 15 is 0 Å². The molecule has 108 valence electrons. The molecule has 3 aliphatic rings. The van der Waals surface area contributed by atoms with Crippen molar-refractivity contribution >= 4 is 0 Å². The largest absolute Gasteiger partial charge is 0.378 e. The normalized spacial score (nSPS) is 40.1. The molecular weight excluding hydrogens is 250 g/mol. The molecule has 2 fully saturated rings. The maximum atomic E-state index is 6.90. The van der Waals surface area contributed by atoms with Gasteiger partial charge in [0.25, 0.3) is 0 Å². The molecule has 1 aromatic carbocycles. The Morgan fingerprint density at radius 1 is 1.15 bits per heavy atom. The monoisotopic (exact) mass is 273 g/mol. The van der Waals surface area contributed by atoms with E-state index in [4.69, 9.17) is 15.2 Å². The lowest BCUT2D eigenvalue weighted by atomic mass is 9.71. The van der Waals surface area contributed by atoms with E-state index in [0.29, 0.717) is 5.92 Å². The lowest BCUT2D eigenvalue weighted by molar-refractivity contribution is -0.110. The minimum atomic E-state index is -0.157. The van der Waals surface area contributed by atoms with Crippen molar-refractivity contribution in [1.82, 2.24) is 0 Å². The van der Waals surface area contributed by atoms with Crippen LogP contribution in [0.3, 0.4) is 0 Å². The Kier molecular flexibility index (Phi) is 2.92. The molecular formula is C17H23NO2. The fourth-order valence-corrected chi connectivity index (χ4v) is 4.42. The van der Waals surface area contributed by atoms with Crippen LogP contribution in [-0.2, 0) is 21.4 Å². The van der Waals surface area contributed by atoms with Crippen molar-refractivity contribution in [3.05, 3.63) is 35.4 Å². The molecule has 1 spiro atoms. The molecule has 3 nitrogen and oxygen atoms in total. The highest BCUT2D eigenvalue weighted by atomic mass is 16.6. The average molecular weight is 273 g/mol. The van der Waals surface area contributed by atoms with Crippen molar-refractivity contribution in [2.45, 2.75) is 43.2 Å². The summed E-state index contributed by atoms with van der Waals surface area (Å²) in [5, 5.41) is 0. The maximum Gasteiger partial charge on any atom is 0.0940 e. The molecule has 1 aromatic rings. The van der Waals surface area contributed by atoms with E-state index in [9.17, 15) is 0 Å². The van der Waals surface area contributed by atoms with E-state index < -0.39 is 0 Å². The van der Waals surface area contributed by atoms with Crippen molar-refractivity contribution in [2.24, 2.45) is 11.7 Å². The van der Waals surface area contributed by atoms with Gasteiger partial charge in [0, 0.05) is 25.2 Å². The summed E-state index contributed by atoms with van der Waals surface area (Å²) in [4.78, 5) is 0. The number of hydrogen-bond acceptors (Lipinski definition) is 3. The molecule has 0 bridgehead atoms. The molecule has 1 aliphatic carbocycles. The van der Waals surface area contributed by atoms with Gasteiger partial charge in [0.05, 0.1) is 12.2 Å². The predicted molar refractivity (Wildman–Crippen MR) is 77.5 cm³/mol. The molecule has 3 atom stereocenters. The quantitative estimate of drug-likeness (QED) is 0.854. The first-order valence-corrected chi connectivity index (χ1v) is 7.81. The van der Waals surface area contributed by atoms with E-state index in [1.165, 1.54) is 11.1 Å². The molecule has 2 aliphatic heterocycles. The second kappa shape index (κ2) is 4.55. The van der Waals surface area contributed by atoms with Crippen molar-refractivity contribution in [3.63, 3.8) is 0 Å². The van der Waals surface area contributed by atoms with Crippen molar-refractivity contribution in [1.29, 1.82) is 0 Å². The topological polar surface area (TPSA) is 44.5 Å². The molecule has 0 amide bonds. The van der Waals surface area contributed by atoms with Crippen LogP contribution in [0.2, 0.25) is 0 Å². The van der Waals surface area contributed by atoms with Gasteiger partial charge in [0.1, 0.15) is 0 Å². The summed E-state index contributed by atoms with van der Waals surface area (Å²) in [5.41, 5.74) is 9.51. The fourth-order valence-electron chi connectivity index (χ4n) is 4.42. The van der Waals surface area contributed by atoms with Gasteiger partial charge in [-0.1, -0.05) is 24.3 Å². The van der Waals surface area contributed by atoms with Gasteiger partial charge in [-0.15, -0.1) is 0 Å². The second-order valence-corrected chi connectivity index (χ2v) is 6.72. The molecule has 3 unspecified atom stereocenters. The molecule has 4 rings (SSSR count). The number of rotatable bonds is 1. The molecule has 2 heterocycles. The highest BCUT2D eigenvalue weighted by Gasteiger charge is 2.49. The molecule has 20 heavy (non-hydrogen) atoms. The predicted octanol–water partition coefficient (Wildman–Crippen LogP) is 2.37. The van der Waals surface area contributed by atoms with Gasteiger partial charge in [0.15, 0.2) is 0 Å². The summed E-state index contributed by atoms with van der Waals surface area (Å²) in [7, 11) is 0. The third kappa shape index (κ3) is 1.84. The smallest absolute Gasteiger partial charge is 0.0940 e. The Bertz CT molecular complexity index is 509. The minimum Gasteiger partial charge on any atom is -0.378 e. The van der Waals surface area contributed by atoms with Crippen LogP contribution in [0.1, 0.15) is 36.8 Å². The Morgan fingerprint density at radius 3 is 2.90 bits per heavy atom. The molecule has 2 N–H and O–H groups in total. The second-order valence-electron chi connectivity index (χ2n) is 6.72. The lowest BCUT2D eigenvalue weighted by Crippen LogP contribution is -2.50. The van der Waals surface area contributed by atoms with E-state index in [2.05, 4.69) is 24.3 Å². The molecule has 0 saturated carbocycles. The molecule has 0 radical (unpaired) electrons. The number of aryl methyl sites for hydroxylation is 1. The highest BCUT2D eigenvalue weighted by Crippen LogP contribution is 2.48. The maximum absolute atomic E-state index is 6.90. The van der Waals surface area contributed by atoms with Crippen LogP contribution < -0.4 is 5.73 Å². The van der Waals surface area contributed by atoms with Gasteiger partial charge in [-0.2, -0.15) is 0 Å². The number of fused-ring (bicyclic) bond motifs is 1. The van der Waals surface area contributed by atoms with Crippen LogP contribution >= 0.6 is 0 Å². The van der Waals surface area contributed by atoms with Crippen LogP contribution in [0.15, 0.2) is 24.3 Å². The van der Waals surface area contributed by atoms with Crippen molar-refractivity contribution < 1.29 is 9.47 Å². The van der Waals surface area contributed by atoms with Gasteiger partial charge < -0.3 is 15.2 Å². The highest BCUT2D eigenvalue weighted by molar-refractivity contribution is 5.39. The molecule has 3 heteroatoms. The summed E-state index contributed by atoms with van der Waals surface area (Å²) in [6.45, 7) is 2.41. The first-order chi connectivity index (χ1) is 9.72. The Morgan fingerprint density at radius 2 is 2.05 bits per heavy atom. The summed E-state index contributed by atoms with van der Waals surface area (Å²) >= 11 is 0. The van der Waals surface area contributed by atoms with E-state index in [0.717, 1.165) is 51.9 Å². The van der Waals surface area contributed by atoms with Crippen LogP contribution in [-0.4, -0.2) is 25.4 Å². The third-order valence-corrected chi connectivity index (χ3v) is 5.62. The summed E-state index contributed by atoms with van der Waals surface area (Å²) in [5.74, 6) is 0.515. The van der Waals surface area contributed by atoms with E-state index in [-0.39, 0.29) is 11.1 Å². The van der Waals surface area contributed by atoms with E-state index in [1.807, 2.05) is 0 Å². The first kappa shape index (κ1) is 12.8. The van der Waals surface area contributed by atoms with Crippen molar-refractivity contribution in [3.8, 4) is 0 Å². The summed E-state index contributed by atoms with van der Waals surface area (Å²) < 4.78 is 11.7. The Labute approximate surface area is 120 Å². The number of hydrogen-bond donors (Lipinski definition) is 1. The van der Waals surface area contributed by atoms with Gasteiger partial charge in [0.2, 0.25) is 0 Å². The molecule has 0 aromatic heterocycles. The minimum absolute atomic E-state index is 0.0488. The average Bonchev–Trinajstić information content (AvgIpc) is 3.06. The Balaban J connectivity index is 1.64. The zero-order chi connectivity index (χ0) is 13.6. The van der Waals surface area contributed by atoms with E-state index in [1.54, 1.807) is 0 Å². The van der Waals surface area contributed by atoms with Crippen LogP contribution in [0.25, 0.3) is 0 Å². The number of nitrogens with two attached hydrogens (primary N) is 1. The third-order valence-electron chi connectivity index (χ3n) is 5.62. The first-order valence-electron chi connectivity index (χ1n) is 7.81. The van der Waals surface area contributed by atoms with Gasteiger partial charge in [-0.25, -0.2) is 0 Å². The van der Waals surface area contributed by atoms with Gasteiger partial charge in [-0.05, 0) is 42.7 Å². The molecule has 2 saturated heterocycles. The standard InChI is InChI=1S/C17H23NO2/c18-17(7-5-13-3-1-2-4-15(13)17)14-6-9-20-16(11-14)8-10-19-12-16/h1-4,14H,5-12,18H2. The lowest BCUT2D eigenvalue weighted by Gasteiger charge is -2.44. The summed E-state index contributed by atoms with van der Waals surface area (Å²) in [6, 6.07) is 8.72. The van der Waals surface area contributed by atoms with Crippen LogP contribution in [0.4, 0.5) is 0 Å². The van der Waals surface area contributed by atoms with Gasteiger partial charge >= 0.3 is 0 Å². The van der Waals surface area contributed by atoms with Gasteiger partial charge in [-0.3, -0.25) is 0 Å². The van der Waals surface area contributed by atoms with Crippen LogP contribution in [0.5, 0.6) is 0 Å². The zero-order valence-electron chi connectivity index (χ0n) is 11.9. The fraction of sp³-hybridized carbons (Fsp3) is 0.647. The summed E-state index contributed by atoms with van der Waals surface area (Å²) in [6.07, 6.45) is 5.35. The Hall–Kier alpha value is -0.900. The zero-order valence-corrected chi connectivity index (χ0v) is 11.9. The van der Waals surface area contributed by atoms with Crippen LogP contribution in [0, 0.1) is 5.92 Å². The number of ether oxygens (including phenoxy) is 2. The van der Waals surface area contributed by atoms with Crippen molar-refractivity contribution in [2.75, 3.05) is 19.8 Å².